The number of carbonyl (C=O) groups excluding carboxylic acids is 1. The van der Waals surface area contributed by atoms with Crippen LogP contribution in [0.25, 0.3) is 0 Å². The van der Waals surface area contributed by atoms with E-state index in [0.717, 1.165) is 18.9 Å². The van der Waals surface area contributed by atoms with E-state index in [0.29, 0.717) is 13.1 Å². The summed E-state index contributed by atoms with van der Waals surface area (Å²) in [7, 11) is 0. The fourth-order valence-corrected chi connectivity index (χ4v) is 1.72. The van der Waals surface area contributed by atoms with Gasteiger partial charge in [-0.3, -0.25) is 5.43 Å². The third-order valence-corrected chi connectivity index (χ3v) is 2.50. The number of hydrogen-bond donors (Lipinski definition) is 1. The van der Waals surface area contributed by atoms with Crippen molar-refractivity contribution in [2.45, 2.75) is 0 Å². The third kappa shape index (κ3) is 2.60. The van der Waals surface area contributed by atoms with E-state index in [9.17, 15) is 9.90 Å². The molecule has 0 aliphatic carbocycles. The minimum Gasteiger partial charge on any atom is -0.354 e. The van der Waals surface area contributed by atoms with Gasteiger partial charge in [0.2, 0.25) is 0 Å². The number of carbonyl (C=O) groups is 1. The summed E-state index contributed by atoms with van der Waals surface area (Å²) >= 11 is 0. The summed E-state index contributed by atoms with van der Waals surface area (Å²) in [5.74, 6) is 0.926. The molecule has 6 nitrogen and oxygen atoms in total. The fraction of sp³-hybridized carbons (Fsp3) is 0.400. The van der Waals surface area contributed by atoms with Crippen molar-refractivity contribution in [3.8, 4) is 0 Å². The van der Waals surface area contributed by atoms with Crippen LogP contribution in [0.1, 0.15) is 0 Å². The first kappa shape index (κ1) is 10.7. The molecular formula is C10H13N4O2. The Morgan fingerprint density at radius 2 is 2.00 bits per heavy atom. The van der Waals surface area contributed by atoms with Gasteiger partial charge in [0.25, 0.3) is 0 Å². The maximum atomic E-state index is 10.3. The highest BCUT2D eigenvalue weighted by atomic mass is 16.4. The molecule has 85 valence electrons. The van der Waals surface area contributed by atoms with Crippen molar-refractivity contribution in [2.24, 2.45) is 0 Å². The lowest BCUT2D eigenvalue weighted by Crippen LogP contribution is -2.53. The molecule has 1 radical (unpaired) electrons. The van der Waals surface area contributed by atoms with Gasteiger partial charge in [0.15, 0.2) is 0 Å². The zero-order valence-corrected chi connectivity index (χ0v) is 8.80. The van der Waals surface area contributed by atoms with Crippen LogP contribution in [0.15, 0.2) is 24.4 Å². The monoisotopic (exact) mass is 221 g/mol. The number of amides is 1. The zero-order chi connectivity index (χ0) is 11.4. The molecule has 1 fully saturated rings. The van der Waals surface area contributed by atoms with Crippen molar-refractivity contribution in [3.05, 3.63) is 24.4 Å². The summed E-state index contributed by atoms with van der Waals surface area (Å²) in [6.45, 7) is 2.75. The lowest BCUT2D eigenvalue weighted by molar-refractivity contribution is 0.115. The van der Waals surface area contributed by atoms with Gasteiger partial charge in [-0.05, 0) is 12.1 Å². The summed E-state index contributed by atoms with van der Waals surface area (Å²) in [6, 6.07) is 5.76. The maximum Gasteiger partial charge on any atom is 0.464 e. The van der Waals surface area contributed by atoms with Crippen molar-refractivity contribution in [1.82, 2.24) is 15.4 Å². The second kappa shape index (κ2) is 4.80. The van der Waals surface area contributed by atoms with Crippen LogP contribution in [0.5, 0.6) is 0 Å². The molecule has 1 N–H and O–H groups in total. The van der Waals surface area contributed by atoms with Gasteiger partial charge in [0, 0.05) is 32.4 Å². The maximum absolute atomic E-state index is 10.3. The molecule has 0 bridgehead atoms. The predicted molar refractivity (Wildman–Crippen MR) is 57.2 cm³/mol. The van der Waals surface area contributed by atoms with Gasteiger partial charge < -0.3 is 4.90 Å². The highest BCUT2D eigenvalue weighted by Crippen LogP contribution is 2.11. The first-order valence-electron chi connectivity index (χ1n) is 5.14. The SMILES string of the molecule is [O]C(=O)NN1CCN(c2ccccn2)CC1. The lowest BCUT2D eigenvalue weighted by Gasteiger charge is -2.34. The highest BCUT2D eigenvalue weighted by Gasteiger charge is 2.18. The Bertz CT molecular complexity index is 349. The molecule has 1 aliphatic rings. The van der Waals surface area contributed by atoms with Gasteiger partial charge in [-0.25, -0.2) is 19.9 Å². The molecule has 1 aliphatic heterocycles. The molecule has 1 aromatic heterocycles. The molecule has 2 heterocycles. The molecule has 6 heteroatoms. The summed E-state index contributed by atoms with van der Waals surface area (Å²) in [4.78, 5) is 16.7. The van der Waals surface area contributed by atoms with Crippen molar-refractivity contribution in [2.75, 3.05) is 31.1 Å². The third-order valence-electron chi connectivity index (χ3n) is 2.50. The molecule has 0 spiro atoms. The van der Waals surface area contributed by atoms with Gasteiger partial charge in [0.1, 0.15) is 5.82 Å². The number of anilines is 1. The lowest BCUT2D eigenvalue weighted by atomic mass is 10.3. The van der Waals surface area contributed by atoms with Gasteiger partial charge in [-0.1, -0.05) is 6.07 Å². The minimum atomic E-state index is -1.26. The molecule has 1 aromatic rings. The van der Waals surface area contributed by atoms with E-state index in [1.807, 2.05) is 18.2 Å². The van der Waals surface area contributed by atoms with E-state index < -0.39 is 6.09 Å². The Morgan fingerprint density at radius 3 is 2.56 bits per heavy atom. The topological polar surface area (TPSA) is 68.4 Å². The van der Waals surface area contributed by atoms with Gasteiger partial charge >= 0.3 is 6.09 Å². The number of pyridine rings is 1. The van der Waals surface area contributed by atoms with Crippen molar-refractivity contribution in [1.29, 1.82) is 0 Å². The quantitative estimate of drug-likeness (QED) is 0.777. The average Bonchev–Trinajstić information content (AvgIpc) is 2.30. The summed E-state index contributed by atoms with van der Waals surface area (Å²) in [6.07, 6.45) is 0.493. The van der Waals surface area contributed by atoms with E-state index in [1.54, 1.807) is 11.2 Å². The number of hydrazine groups is 1. The van der Waals surface area contributed by atoms with E-state index in [2.05, 4.69) is 15.3 Å². The van der Waals surface area contributed by atoms with Crippen LogP contribution in [-0.2, 0) is 5.11 Å². The molecule has 0 aromatic carbocycles. The molecule has 0 unspecified atom stereocenters. The summed E-state index contributed by atoms with van der Waals surface area (Å²) < 4.78 is 0. The van der Waals surface area contributed by atoms with Crippen LogP contribution in [0.2, 0.25) is 0 Å². The van der Waals surface area contributed by atoms with E-state index in [4.69, 9.17) is 0 Å². The number of piperazine rings is 1. The summed E-state index contributed by atoms with van der Waals surface area (Å²) in [5.41, 5.74) is 2.25. The second-order valence-electron chi connectivity index (χ2n) is 3.56. The Hall–Kier alpha value is -1.82. The fourth-order valence-electron chi connectivity index (χ4n) is 1.72. The van der Waals surface area contributed by atoms with Gasteiger partial charge in [-0.15, -0.1) is 0 Å². The second-order valence-corrected chi connectivity index (χ2v) is 3.56. The standard InChI is InChI=1S/C10H13N4O2/c15-10(16)12-14-7-5-13(6-8-14)9-3-1-2-4-11-9/h1-4,12H,5-8H2. The normalized spacial score (nSPS) is 17.1. The smallest absolute Gasteiger partial charge is 0.354 e. The van der Waals surface area contributed by atoms with Crippen LogP contribution in [-0.4, -0.2) is 42.3 Å². The van der Waals surface area contributed by atoms with Crippen molar-refractivity contribution < 1.29 is 9.90 Å². The van der Waals surface area contributed by atoms with E-state index >= 15 is 0 Å². The molecule has 2 rings (SSSR count). The Morgan fingerprint density at radius 1 is 1.25 bits per heavy atom. The van der Waals surface area contributed by atoms with Crippen LogP contribution in [0, 0.1) is 0 Å². The Labute approximate surface area is 93.5 Å². The molecule has 0 atom stereocenters. The largest absolute Gasteiger partial charge is 0.464 e. The van der Waals surface area contributed by atoms with Crippen LogP contribution in [0.3, 0.4) is 0 Å². The summed E-state index contributed by atoms with van der Waals surface area (Å²) in [5, 5.41) is 12.0. The number of rotatable bonds is 2. The minimum absolute atomic E-state index is 0.630. The van der Waals surface area contributed by atoms with Crippen molar-refractivity contribution in [3.63, 3.8) is 0 Å². The average molecular weight is 221 g/mol. The van der Waals surface area contributed by atoms with E-state index in [1.165, 1.54) is 0 Å². The number of nitrogens with zero attached hydrogens (tertiary/aromatic N) is 3. The molecular weight excluding hydrogens is 208 g/mol. The molecule has 1 amide bonds. The molecule has 16 heavy (non-hydrogen) atoms. The first-order valence-corrected chi connectivity index (χ1v) is 5.14. The zero-order valence-electron chi connectivity index (χ0n) is 8.80. The number of aromatic nitrogens is 1. The van der Waals surface area contributed by atoms with Crippen molar-refractivity contribution >= 4 is 11.9 Å². The van der Waals surface area contributed by atoms with Crippen LogP contribution in [0.4, 0.5) is 10.6 Å². The Balaban J connectivity index is 1.88. The number of nitrogens with one attached hydrogen (secondary N) is 1. The highest BCUT2D eigenvalue weighted by molar-refractivity contribution is 5.63. The Kier molecular flexibility index (Phi) is 3.21. The van der Waals surface area contributed by atoms with E-state index in [-0.39, 0.29) is 0 Å². The molecule has 1 saturated heterocycles. The van der Waals surface area contributed by atoms with Gasteiger partial charge in [0.05, 0.1) is 0 Å². The number of hydrogen-bond acceptors (Lipinski definition) is 4. The van der Waals surface area contributed by atoms with Crippen LogP contribution >= 0.6 is 0 Å². The predicted octanol–water partition coefficient (Wildman–Crippen LogP) is 0.259. The van der Waals surface area contributed by atoms with Crippen LogP contribution < -0.4 is 10.3 Å². The first-order chi connectivity index (χ1) is 7.75. The molecule has 0 saturated carbocycles. The van der Waals surface area contributed by atoms with Gasteiger partial charge in [-0.2, -0.15) is 0 Å².